The standard InChI is InChI=1S/C15H11ClN2/c16-13-8-4-7-11-12(13)9-14(18-15(11)17)10-5-2-1-3-6-10/h1-9H,(H2,17,18). The smallest absolute Gasteiger partial charge is 0.132 e. The fourth-order valence-corrected chi connectivity index (χ4v) is 2.25. The van der Waals surface area contributed by atoms with Gasteiger partial charge in [-0.3, -0.25) is 0 Å². The van der Waals surface area contributed by atoms with Crippen molar-refractivity contribution in [2.24, 2.45) is 0 Å². The fourth-order valence-electron chi connectivity index (χ4n) is 2.02. The molecule has 2 N–H and O–H groups in total. The van der Waals surface area contributed by atoms with Crippen LogP contribution in [0.1, 0.15) is 0 Å². The number of hydrogen-bond acceptors (Lipinski definition) is 2. The van der Waals surface area contributed by atoms with Gasteiger partial charge < -0.3 is 5.73 Å². The van der Waals surface area contributed by atoms with Crippen LogP contribution in [0, 0.1) is 0 Å². The molecule has 2 nitrogen and oxygen atoms in total. The maximum absolute atomic E-state index is 6.21. The lowest BCUT2D eigenvalue weighted by molar-refractivity contribution is 1.36. The van der Waals surface area contributed by atoms with Crippen molar-refractivity contribution in [2.45, 2.75) is 0 Å². The van der Waals surface area contributed by atoms with Crippen molar-refractivity contribution in [2.75, 3.05) is 5.73 Å². The Morgan fingerprint density at radius 1 is 0.889 bits per heavy atom. The molecule has 2 aromatic carbocycles. The molecule has 1 heterocycles. The first-order valence-electron chi connectivity index (χ1n) is 5.66. The normalized spacial score (nSPS) is 10.7. The zero-order chi connectivity index (χ0) is 12.5. The SMILES string of the molecule is Nc1nc(-c2ccccc2)cc2c(Cl)cccc12. The summed E-state index contributed by atoms with van der Waals surface area (Å²) in [6.45, 7) is 0. The second-order valence-corrected chi connectivity index (χ2v) is 4.50. The molecule has 0 bridgehead atoms. The summed E-state index contributed by atoms with van der Waals surface area (Å²) in [7, 11) is 0. The molecule has 0 unspecified atom stereocenters. The largest absolute Gasteiger partial charge is 0.383 e. The predicted molar refractivity (Wildman–Crippen MR) is 76.6 cm³/mol. The lowest BCUT2D eigenvalue weighted by atomic mass is 10.1. The molecule has 0 fully saturated rings. The molecule has 0 saturated carbocycles. The third-order valence-corrected chi connectivity index (χ3v) is 3.25. The van der Waals surface area contributed by atoms with Crippen LogP contribution in [0.3, 0.4) is 0 Å². The average Bonchev–Trinajstić information content (AvgIpc) is 2.41. The predicted octanol–water partition coefficient (Wildman–Crippen LogP) is 4.14. The van der Waals surface area contributed by atoms with Crippen LogP contribution >= 0.6 is 11.6 Å². The minimum atomic E-state index is 0.508. The van der Waals surface area contributed by atoms with Gasteiger partial charge in [0.05, 0.1) is 5.69 Å². The summed E-state index contributed by atoms with van der Waals surface area (Å²) < 4.78 is 0. The summed E-state index contributed by atoms with van der Waals surface area (Å²) >= 11 is 6.21. The van der Waals surface area contributed by atoms with E-state index >= 15 is 0 Å². The van der Waals surface area contributed by atoms with E-state index in [0.717, 1.165) is 22.0 Å². The van der Waals surface area contributed by atoms with E-state index in [0.29, 0.717) is 10.8 Å². The van der Waals surface area contributed by atoms with E-state index in [9.17, 15) is 0 Å². The molecule has 3 heteroatoms. The first-order valence-corrected chi connectivity index (χ1v) is 6.03. The summed E-state index contributed by atoms with van der Waals surface area (Å²) in [5, 5.41) is 2.52. The maximum Gasteiger partial charge on any atom is 0.132 e. The Bertz CT molecular complexity index is 708. The van der Waals surface area contributed by atoms with E-state index < -0.39 is 0 Å². The number of fused-ring (bicyclic) bond motifs is 1. The van der Waals surface area contributed by atoms with Gasteiger partial charge >= 0.3 is 0 Å². The van der Waals surface area contributed by atoms with Crippen LogP contribution in [0.5, 0.6) is 0 Å². The number of halogens is 1. The molecule has 0 atom stereocenters. The van der Waals surface area contributed by atoms with Gasteiger partial charge in [-0.05, 0) is 12.1 Å². The molecule has 0 aliphatic rings. The van der Waals surface area contributed by atoms with Crippen molar-refractivity contribution in [1.82, 2.24) is 4.98 Å². The molecule has 0 radical (unpaired) electrons. The van der Waals surface area contributed by atoms with Crippen molar-refractivity contribution in [3.05, 3.63) is 59.6 Å². The Morgan fingerprint density at radius 2 is 1.67 bits per heavy atom. The van der Waals surface area contributed by atoms with E-state index in [1.165, 1.54) is 0 Å². The number of nitrogen functional groups attached to an aromatic ring is 1. The van der Waals surface area contributed by atoms with Gasteiger partial charge in [0.1, 0.15) is 5.82 Å². The summed E-state index contributed by atoms with van der Waals surface area (Å²) in [5.41, 5.74) is 7.87. The van der Waals surface area contributed by atoms with Crippen LogP contribution in [0.2, 0.25) is 5.02 Å². The first kappa shape index (κ1) is 11.1. The second-order valence-electron chi connectivity index (χ2n) is 4.09. The summed E-state index contributed by atoms with van der Waals surface area (Å²) in [5.74, 6) is 0.508. The van der Waals surface area contributed by atoms with Crippen molar-refractivity contribution >= 4 is 28.2 Å². The Morgan fingerprint density at radius 3 is 2.44 bits per heavy atom. The topological polar surface area (TPSA) is 38.9 Å². The van der Waals surface area contributed by atoms with E-state index in [2.05, 4.69) is 4.98 Å². The van der Waals surface area contributed by atoms with Crippen LogP contribution in [-0.4, -0.2) is 4.98 Å². The van der Waals surface area contributed by atoms with Crippen LogP contribution in [0.15, 0.2) is 54.6 Å². The van der Waals surface area contributed by atoms with Crippen LogP contribution in [-0.2, 0) is 0 Å². The minimum Gasteiger partial charge on any atom is -0.383 e. The summed E-state index contributed by atoms with van der Waals surface area (Å²) in [4.78, 5) is 4.43. The molecule has 0 aliphatic heterocycles. The fraction of sp³-hybridized carbons (Fsp3) is 0. The number of anilines is 1. The lowest BCUT2D eigenvalue weighted by Crippen LogP contribution is -1.94. The molecule has 18 heavy (non-hydrogen) atoms. The highest BCUT2D eigenvalue weighted by Gasteiger charge is 2.07. The second kappa shape index (κ2) is 4.31. The van der Waals surface area contributed by atoms with E-state index in [1.807, 2.05) is 54.6 Å². The van der Waals surface area contributed by atoms with Gasteiger partial charge in [-0.25, -0.2) is 4.98 Å². The highest BCUT2D eigenvalue weighted by molar-refractivity contribution is 6.35. The van der Waals surface area contributed by atoms with Gasteiger partial charge in [-0.2, -0.15) is 0 Å². The molecule has 0 amide bonds. The van der Waals surface area contributed by atoms with Gasteiger partial charge in [0, 0.05) is 21.4 Å². The summed E-state index contributed by atoms with van der Waals surface area (Å²) in [6, 6.07) is 17.6. The molecule has 88 valence electrons. The van der Waals surface area contributed by atoms with Gasteiger partial charge in [0.25, 0.3) is 0 Å². The van der Waals surface area contributed by atoms with E-state index in [4.69, 9.17) is 17.3 Å². The molecule has 1 aromatic heterocycles. The monoisotopic (exact) mass is 254 g/mol. The molecule has 3 aromatic rings. The van der Waals surface area contributed by atoms with Crippen molar-refractivity contribution in [3.63, 3.8) is 0 Å². The molecular weight excluding hydrogens is 244 g/mol. The van der Waals surface area contributed by atoms with Crippen LogP contribution in [0.25, 0.3) is 22.0 Å². The Hall–Kier alpha value is -2.06. The zero-order valence-corrected chi connectivity index (χ0v) is 10.4. The third kappa shape index (κ3) is 1.81. The van der Waals surface area contributed by atoms with Crippen LogP contribution in [0.4, 0.5) is 5.82 Å². The van der Waals surface area contributed by atoms with Gasteiger partial charge in [0.15, 0.2) is 0 Å². The Balaban J connectivity index is 2.31. The highest BCUT2D eigenvalue weighted by Crippen LogP contribution is 2.30. The van der Waals surface area contributed by atoms with E-state index in [-0.39, 0.29) is 0 Å². The molecule has 0 spiro atoms. The quantitative estimate of drug-likeness (QED) is 0.709. The third-order valence-electron chi connectivity index (χ3n) is 2.92. The number of aromatic nitrogens is 1. The highest BCUT2D eigenvalue weighted by atomic mass is 35.5. The number of benzene rings is 2. The molecule has 0 saturated heterocycles. The number of hydrogen-bond donors (Lipinski definition) is 1. The molecular formula is C15H11ClN2. The van der Waals surface area contributed by atoms with E-state index in [1.54, 1.807) is 0 Å². The maximum atomic E-state index is 6.21. The molecule has 3 rings (SSSR count). The van der Waals surface area contributed by atoms with Crippen molar-refractivity contribution < 1.29 is 0 Å². The Labute approximate surface area is 110 Å². The van der Waals surface area contributed by atoms with Crippen LogP contribution < -0.4 is 5.73 Å². The van der Waals surface area contributed by atoms with Gasteiger partial charge in [0.2, 0.25) is 0 Å². The summed E-state index contributed by atoms with van der Waals surface area (Å²) in [6.07, 6.45) is 0. The first-order chi connectivity index (χ1) is 8.75. The van der Waals surface area contributed by atoms with Crippen molar-refractivity contribution in [3.8, 4) is 11.3 Å². The molecule has 0 aliphatic carbocycles. The van der Waals surface area contributed by atoms with Gasteiger partial charge in [-0.1, -0.05) is 54.1 Å². The zero-order valence-electron chi connectivity index (χ0n) is 9.60. The Kier molecular flexibility index (Phi) is 2.65. The number of nitrogens with two attached hydrogens (primary N) is 1. The number of nitrogens with zero attached hydrogens (tertiary/aromatic N) is 1. The minimum absolute atomic E-state index is 0.508. The van der Waals surface area contributed by atoms with Crippen molar-refractivity contribution in [1.29, 1.82) is 0 Å². The number of pyridine rings is 1. The average molecular weight is 255 g/mol. The number of rotatable bonds is 1. The lowest BCUT2D eigenvalue weighted by Gasteiger charge is -2.07. The van der Waals surface area contributed by atoms with Gasteiger partial charge in [-0.15, -0.1) is 0 Å².